The quantitative estimate of drug-likeness (QED) is 0.882. The van der Waals surface area contributed by atoms with E-state index in [1.165, 1.54) is 6.92 Å². The summed E-state index contributed by atoms with van der Waals surface area (Å²) < 4.78 is 40.7. The van der Waals surface area contributed by atoms with E-state index in [-0.39, 0.29) is 11.3 Å². The average Bonchev–Trinajstić information content (AvgIpc) is 2.46. The Labute approximate surface area is 124 Å². The summed E-state index contributed by atoms with van der Waals surface area (Å²) in [7, 11) is 0. The Balaban J connectivity index is 2.53. The molecule has 0 amide bonds. The van der Waals surface area contributed by atoms with Crippen LogP contribution in [0.5, 0.6) is 0 Å². The van der Waals surface area contributed by atoms with Gasteiger partial charge in [-0.25, -0.2) is 23.1 Å². The second-order valence-corrected chi connectivity index (χ2v) is 4.93. The fourth-order valence-electron chi connectivity index (χ4n) is 2.13. The Morgan fingerprint density at radius 2 is 2.00 bits per heavy atom. The molecule has 0 saturated carbocycles. The lowest BCUT2D eigenvalue weighted by Gasteiger charge is -2.32. The standard InChI is InChI=1S/C14H12ClF3N2O/c1-8(13-12(18)5-19-7-20-13)14(21,6-15)10-3-2-9(16)4-11(10)17/h2-5,7-8,21H,6H2,1H3/t8-,14-/m0/s1. The lowest BCUT2D eigenvalue weighted by atomic mass is 9.81. The van der Waals surface area contributed by atoms with Gasteiger partial charge >= 0.3 is 0 Å². The molecule has 1 aromatic carbocycles. The van der Waals surface area contributed by atoms with E-state index in [4.69, 9.17) is 11.6 Å². The number of halogens is 4. The van der Waals surface area contributed by atoms with Crippen molar-refractivity contribution in [3.8, 4) is 0 Å². The van der Waals surface area contributed by atoms with Crippen LogP contribution in [0.1, 0.15) is 24.1 Å². The molecule has 0 radical (unpaired) electrons. The molecule has 2 rings (SSSR count). The molecule has 3 nitrogen and oxygen atoms in total. The Hall–Kier alpha value is -1.66. The van der Waals surface area contributed by atoms with Gasteiger partial charge in [0.2, 0.25) is 0 Å². The van der Waals surface area contributed by atoms with Crippen molar-refractivity contribution in [2.75, 3.05) is 5.88 Å². The zero-order chi connectivity index (χ0) is 15.6. The van der Waals surface area contributed by atoms with E-state index < -0.39 is 34.9 Å². The van der Waals surface area contributed by atoms with Gasteiger partial charge in [-0.15, -0.1) is 11.6 Å². The second kappa shape index (κ2) is 5.99. The normalized spacial score (nSPS) is 15.5. The molecule has 112 valence electrons. The van der Waals surface area contributed by atoms with E-state index >= 15 is 0 Å². The van der Waals surface area contributed by atoms with E-state index in [1.54, 1.807) is 0 Å². The van der Waals surface area contributed by atoms with Crippen LogP contribution in [0.3, 0.4) is 0 Å². The number of benzene rings is 1. The Morgan fingerprint density at radius 3 is 2.57 bits per heavy atom. The van der Waals surface area contributed by atoms with Gasteiger partial charge in [0.1, 0.15) is 23.6 Å². The van der Waals surface area contributed by atoms with E-state index in [0.29, 0.717) is 6.07 Å². The van der Waals surface area contributed by atoms with Crippen LogP contribution in [-0.4, -0.2) is 21.0 Å². The van der Waals surface area contributed by atoms with Crippen LogP contribution in [0, 0.1) is 17.5 Å². The highest BCUT2D eigenvalue weighted by Crippen LogP contribution is 2.39. The molecule has 1 aromatic heterocycles. The van der Waals surface area contributed by atoms with Crippen LogP contribution >= 0.6 is 11.6 Å². The molecule has 1 N–H and O–H groups in total. The maximum Gasteiger partial charge on any atom is 0.163 e. The van der Waals surface area contributed by atoms with E-state index in [9.17, 15) is 18.3 Å². The summed E-state index contributed by atoms with van der Waals surface area (Å²) in [6.45, 7) is 1.45. The summed E-state index contributed by atoms with van der Waals surface area (Å²) in [4.78, 5) is 7.28. The Kier molecular flexibility index (Phi) is 4.49. The molecule has 2 aromatic rings. The van der Waals surface area contributed by atoms with Gasteiger partial charge in [-0.05, 0) is 6.07 Å². The van der Waals surface area contributed by atoms with Gasteiger partial charge in [0, 0.05) is 17.5 Å². The van der Waals surface area contributed by atoms with Crippen LogP contribution in [-0.2, 0) is 5.60 Å². The third kappa shape index (κ3) is 2.87. The fraction of sp³-hybridized carbons (Fsp3) is 0.286. The molecular weight excluding hydrogens is 305 g/mol. The van der Waals surface area contributed by atoms with Crippen LogP contribution in [0.15, 0.2) is 30.7 Å². The summed E-state index contributed by atoms with van der Waals surface area (Å²) in [6, 6.07) is 2.72. The first-order valence-corrected chi connectivity index (χ1v) is 6.63. The molecule has 7 heteroatoms. The SMILES string of the molecule is C[C@@H](c1ncncc1F)[C@@](O)(CCl)c1ccc(F)cc1F. The van der Waals surface area contributed by atoms with Crippen LogP contribution in [0.2, 0.25) is 0 Å². The molecular formula is C14H12ClF3N2O. The van der Waals surface area contributed by atoms with Gasteiger partial charge < -0.3 is 5.11 Å². The lowest BCUT2D eigenvalue weighted by Crippen LogP contribution is -2.36. The minimum atomic E-state index is -1.94. The van der Waals surface area contributed by atoms with Crippen LogP contribution in [0.25, 0.3) is 0 Å². The molecule has 2 atom stereocenters. The molecule has 0 unspecified atom stereocenters. The first kappa shape index (κ1) is 15.7. The van der Waals surface area contributed by atoms with E-state index in [2.05, 4.69) is 9.97 Å². The van der Waals surface area contributed by atoms with Crippen molar-refractivity contribution in [1.82, 2.24) is 9.97 Å². The number of aliphatic hydroxyl groups is 1. The van der Waals surface area contributed by atoms with Gasteiger partial charge in [-0.2, -0.15) is 0 Å². The third-order valence-electron chi connectivity index (χ3n) is 3.42. The number of nitrogens with zero attached hydrogens (tertiary/aromatic N) is 2. The molecule has 0 fully saturated rings. The smallest absolute Gasteiger partial charge is 0.163 e. The largest absolute Gasteiger partial charge is 0.383 e. The second-order valence-electron chi connectivity index (χ2n) is 4.66. The van der Waals surface area contributed by atoms with Gasteiger partial charge in [0.15, 0.2) is 5.82 Å². The Bertz CT molecular complexity index is 656. The molecule has 0 aliphatic rings. The third-order valence-corrected chi connectivity index (χ3v) is 3.83. The molecule has 0 spiro atoms. The molecule has 0 saturated heterocycles. The summed E-state index contributed by atoms with van der Waals surface area (Å²) in [6.07, 6.45) is 2.05. The zero-order valence-corrected chi connectivity index (χ0v) is 11.8. The number of hydrogen-bond donors (Lipinski definition) is 1. The molecule has 21 heavy (non-hydrogen) atoms. The molecule has 1 heterocycles. The number of aromatic nitrogens is 2. The average molecular weight is 317 g/mol. The molecule has 0 aliphatic heterocycles. The summed E-state index contributed by atoms with van der Waals surface area (Å²) in [5, 5.41) is 10.7. The first-order valence-electron chi connectivity index (χ1n) is 6.09. The van der Waals surface area contributed by atoms with Crippen molar-refractivity contribution in [1.29, 1.82) is 0 Å². The van der Waals surface area contributed by atoms with Crippen molar-refractivity contribution < 1.29 is 18.3 Å². The summed E-state index contributed by atoms with van der Waals surface area (Å²) in [5.41, 5.74) is -2.25. The minimum Gasteiger partial charge on any atom is -0.383 e. The first-order chi connectivity index (χ1) is 9.90. The van der Waals surface area contributed by atoms with Crippen LogP contribution < -0.4 is 0 Å². The topological polar surface area (TPSA) is 46.0 Å². The maximum atomic E-state index is 13.9. The minimum absolute atomic E-state index is 0.100. The highest BCUT2D eigenvalue weighted by atomic mass is 35.5. The van der Waals surface area contributed by atoms with E-state index in [0.717, 1.165) is 24.7 Å². The van der Waals surface area contributed by atoms with Crippen molar-refractivity contribution in [3.63, 3.8) is 0 Å². The lowest BCUT2D eigenvalue weighted by molar-refractivity contribution is 0.0299. The van der Waals surface area contributed by atoms with Gasteiger partial charge in [0.05, 0.1) is 17.8 Å². The van der Waals surface area contributed by atoms with Crippen LogP contribution in [0.4, 0.5) is 13.2 Å². The van der Waals surface area contributed by atoms with Crippen molar-refractivity contribution in [3.05, 3.63) is 59.4 Å². The van der Waals surface area contributed by atoms with E-state index in [1.807, 2.05) is 0 Å². The van der Waals surface area contributed by atoms with Gasteiger partial charge in [0.25, 0.3) is 0 Å². The number of rotatable bonds is 4. The molecule has 0 bridgehead atoms. The highest BCUT2D eigenvalue weighted by molar-refractivity contribution is 6.18. The van der Waals surface area contributed by atoms with Gasteiger partial charge in [-0.1, -0.05) is 13.0 Å². The number of hydrogen-bond acceptors (Lipinski definition) is 3. The Morgan fingerprint density at radius 1 is 1.29 bits per heavy atom. The fourth-order valence-corrected chi connectivity index (χ4v) is 2.50. The van der Waals surface area contributed by atoms with Gasteiger partial charge in [-0.3, -0.25) is 0 Å². The monoisotopic (exact) mass is 316 g/mol. The predicted octanol–water partition coefficient (Wildman–Crippen LogP) is 3.12. The molecule has 0 aliphatic carbocycles. The maximum absolute atomic E-state index is 13.9. The van der Waals surface area contributed by atoms with Crippen molar-refractivity contribution in [2.24, 2.45) is 0 Å². The van der Waals surface area contributed by atoms with Crippen molar-refractivity contribution in [2.45, 2.75) is 18.4 Å². The predicted molar refractivity (Wildman–Crippen MR) is 71.4 cm³/mol. The summed E-state index contributed by atoms with van der Waals surface area (Å²) in [5.74, 6) is -3.86. The summed E-state index contributed by atoms with van der Waals surface area (Å²) >= 11 is 5.78. The zero-order valence-electron chi connectivity index (χ0n) is 11.0. The highest BCUT2D eigenvalue weighted by Gasteiger charge is 2.40. The van der Waals surface area contributed by atoms with Crippen molar-refractivity contribution >= 4 is 11.6 Å². The number of alkyl halides is 1.